The molecule has 0 saturated heterocycles. The number of fused-ring (bicyclic) bond motifs is 1. The number of β-amino-alcohol motifs (C(OH)–C–C–N with tert-alkyl or cyclic N) is 1. The lowest BCUT2D eigenvalue weighted by Crippen LogP contribution is -2.41. The number of rotatable bonds is 3. The first-order valence-electron chi connectivity index (χ1n) is 6.63. The number of carbonyl (C=O) groups excluding carboxylic acids is 1. The monoisotopic (exact) mass is 247 g/mol. The zero-order valence-corrected chi connectivity index (χ0v) is 11.1. The fraction of sp³-hybridized carbons (Fsp3) is 0.533. The molecule has 1 atom stereocenters. The van der Waals surface area contributed by atoms with Crippen LogP contribution in [0.2, 0.25) is 0 Å². The molecule has 0 bridgehead atoms. The Labute approximate surface area is 108 Å². The molecule has 3 nitrogen and oxygen atoms in total. The van der Waals surface area contributed by atoms with E-state index in [2.05, 4.69) is 4.90 Å². The number of ketones is 1. The van der Waals surface area contributed by atoms with Gasteiger partial charge in [0.05, 0.1) is 5.60 Å². The second kappa shape index (κ2) is 5.11. The van der Waals surface area contributed by atoms with E-state index < -0.39 is 5.60 Å². The normalized spacial score (nSPS) is 19.1. The van der Waals surface area contributed by atoms with Gasteiger partial charge in [0.15, 0.2) is 5.78 Å². The number of benzene rings is 1. The van der Waals surface area contributed by atoms with Crippen molar-refractivity contribution in [3.05, 3.63) is 29.8 Å². The average molecular weight is 247 g/mol. The number of nitrogens with zero attached hydrogens (tertiary/aromatic N) is 1. The lowest BCUT2D eigenvalue weighted by molar-refractivity contribution is 0.0630. The molecule has 1 N–H and O–H groups in total. The minimum atomic E-state index is -0.708. The number of carbonyl (C=O) groups is 1. The maximum Gasteiger partial charge on any atom is 0.165 e. The molecule has 3 heteroatoms. The number of anilines is 1. The molecule has 0 aliphatic carbocycles. The standard InChI is InChI=1S/C15H21NO2/c1-3-15(2,18)11-16-10-6-9-14(17)12-7-4-5-8-13(12)16/h4-5,7-8,18H,3,6,9-11H2,1-2H3. The molecule has 0 aromatic heterocycles. The SMILES string of the molecule is CCC(C)(O)CN1CCCC(=O)c2ccccc21. The summed E-state index contributed by atoms with van der Waals surface area (Å²) in [6, 6.07) is 7.71. The number of hydrogen-bond acceptors (Lipinski definition) is 3. The van der Waals surface area contributed by atoms with Gasteiger partial charge >= 0.3 is 0 Å². The predicted octanol–water partition coefficient (Wildman–Crippen LogP) is 2.63. The van der Waals surface area contributed by atoms with E-state index in [0.29, 0.717) is 19.4 Å². The molecule has 0 amide bonds. The highest BCUT2D eigenvalue weighted by molar-refractivity contribution is 6.01. The van der Waals surface area contributed by atoms with Gasteiger partial charge in [-0.3, -0.25) is 4.79 Å². The molecule has 1 aliphatic heterocycles. The maximum atomic E-state index is 12.0. The van der Waals surface area contributed by atoms with Gasteiger partial charge in [0.1, 0.15) is 0 Å². The van der Waals surface area contributed by atoms with E-state index >= 15 is 0 Å². The summed E-state index contributed by atoms with van der Waals surface area (Å²) in [5.74, 6) is 0.212. The second-order valence-electron chi connectivity index (χ2n) is 5.32. The van der Waals surface area contributed by atoms with Crippen molar-refractivity contribution in [3.8, 4) is 0 Å². The van der Waals surface area contributed by atoms with Gasteiger partial charge in [-0.25, -0.2) is 0 Å². The first-order chi connectivity index (χ1) is 8.53. The third-order valence-corrected chi connectivity index (χ3v) is 3.67. The van der Waals surface area contributed by atoms with Crippen LogP contribution in [0.1, 0.15) is 43.5 Å². The lowest BCUT2D eigenvalue weighted by Gasteiger charge is -2.32. The molecule has 1 aromatic carbocycles. The summed E-state index contributed by atoms with van der Waals surface area (Å²) < 4.78 is 0. The molecule has 1 aromatic rings. The summed E-state index contributed by atoms with van der Waals surface area (Å²) >= 11 is 0. The molecule has 1 heterocycles. The van der Waals surface area contributed by atoms with Gasteiger partial charge in [-0.05, 0) is 31.9 Å². The smallest absolute Gasteiger partial charge is 0.165 e. The van der Waals surface area contributed by atoms with Crippen LogP contribution in [0.5, 0.6) is 0 Å². The van der Waals surface area contributed by atoms with Crippen molar-refractivity contribution in [2.45, 2.75) is 38.7 Å². The number of hydrogen-bond donors (Lipinski definition) is 1. The van der Waals surface area contributed by atoms with E-state index in [-0.39, 0.29) is 5.78 Å². The summed E-state index contributed by atoms with van der Waals surface area (Å²) in [5, 5.41) is 10.2. The van der Waals surface area contributed by atoms with Crippen LogP contribution in [0.3, 0.4) is 0 Å². The maximum absolute atomic E-state index is 12.0. The highest BCUT2D eigenvalue weighted by Crippen LogP contribution is 2.27. The van der Waals surface area contributed by atoms with Crippen molar-refractivity contribution in [1.29, 1.82) is 0 Å². The molecular weight excluding hydrogens is 226 g/mol. The van der Waals surface area contributed by atoms with Crippen molar-refractivity contribution < 1.29 is 9.90 Å². The molecule has 18 heavy (non-hydrogen) atoms. The Morgan fingerprint density at radius 1 is 1.39 bits per heavy atom. The van der Waals surface area contributed by atoms with E-state index in [9.17, 15) is 9.90 Å². The van der Waals surface area contributed by atoms with Crippen molar-refractivity contribution in [2.75, 3.05) is 18.0 Å². The topological polar surface area (TPSA) is 40.5 Å². The van der Waals surface area contributed by atoms with Gasteiger partial charge < -0.3 is 10.0 Å². The van der Waals surface area contributed by atoms with Gasteiger partial charge in [0.2, 0.25) is 0 Å². The van der Waals surface area contributed by atoms with Crippen molar-refractivity contribution >= 4 is 11.5 Å². The van der Waals surface area contributed by atoms with E-state index in [4.69, 9.17) is 0 Å². The quantitative estimate of drug-likeness (QED) is 0.892. The van der Waals surface area contributed by atoms with Crippen LogP contribution in [0.4, 0.5) is 5.69 Å². The highest BCUT2D eigenvalue weighted by atomic mass is 16.3. The lowest BCUT2D eigenvalue weighted by atomic mass is 10.0. The fourth-order valence-electron chi connectivity index (χ4n) is 2.36. The summed E-state index contributed by atoms with van der Waals surface area (Å²) in [4.78, 5) is 14.1. The van der Waals surface area contributed by atoms with E-state index in [1.54, 1.807) is 0 Å². The van der Waals surface area contributed by atoms with Gasteiger partial charge in [0.25, 0.3) is 0 Å². The Balaban J connectivity index is 2.32. The minimum Gasteiger partial charge on any atom is -0.388 e. The van der Waals surface area contributed by atoms with Gasteiger partial charge in [-0.15, -0.1) is 0 Å². The summed E-state index contributed by atoms with van der Waals surface area (Å²) in [6.45, 7) is 5.24. The number of aliphatic hydroxyl groups is 1. The van der Waals surface area contributed by atoms with Crippen LogP contribution in [0.25, 0.3) is 0 Å². The number of para-hydroxylation sites is 1. The van der Waals surface area contributed by atoms with Crippen molar-refractivity contribution in [2.24, 2.45) is 0 Å². The molecule has 2 rings (SSSR count). The molecule has 98 valence electrons. The third kappa shape index (κ3) is 2.72. The summed E-state index contributed by atoms with van der Waals surface area (Å²) in [7, 11) is 0. The Bertz CT molecular complexity index is 440. The van der Waals surface area contributed by atoms with Gasteiger partial charge in [-0.1, -0.05) is 19.1 Å². The van der Waals surface area contributed by atoms with Crippen LogP contribution >= 0.6 is 0 Å². The summed E-state index contributed by atoms with van der Waals surface area (Å²) in [5.41, 5.74) is 1.05. The third-order valence-electron chi connectivity index (χ3n) is 3.67. The Kier molecular flexibility index (Phi) is 3.71. The van der Waals surface area contributed by atoms with E-state index in [1.165, 1.54) is 0 Å². The highest BCUT2D eigenvalue weighted by Gasteiger charge is 2.26. The summed E-state index contributed by atoms with van der Waals surface area (Å²) in [6.07, 6.45) is 2.16. The van der Waals surface area contributed by atoms with Crippen molar-refractivity contribution in [3.63, 3.8) is 0 Å². The first-order valence-corrected chi connectivity index (χ1v) is 6.63. The molecule has 1 aliphatic rings. The van der Waals surface area contributed by atoms with Crippen LogP contribution in [0, 0.1) is 0 Å². The van der Waals surface area contributed by atoms with E-state index in [0.717, 1.165) is 24.2 Å². The Morgan fingerprint density at radius 2 is 2.11 bits per heavy atom. The largest absolute Gasteiger partial charge is 0.388 e. The minimum absolute atomic E-state index is 0.212. The van der Waals surface area contributed by atoms with Gasteiger partial charge in [0, 0.05) is 30.8 Å². The first kappa shape index (κ1) is 13.1. The second-order valence-corrected chi connectivity index (χ2v) is 5.32. The Morgan fingerprint density at radius 3 is 2.83 bits per heavy atom. The molecule has 0 saturated carbocycles. The molecule has 0 radical (unpaired) electrons. The fourth-order valence-corrected chi connectivity index (χ4v) is 2.36. The van der Waals surface area contributed by atoms with Crippen molar-refractivity contribution in [1.82, 2.24) is 0 Å². The molecule has 1 unspecified atom stereocenters. The van der Waals surface area contributed by atoms with Crippen LogP contribution in [0.15, 0.2) is 24.3 Å². The van der Waals surface area contributed by atoms with Crippen LogP contribution < -0.4 is 4.90 Å². The molecular formula is C15H21NO2. The number of Topliss-reactive ketones (excluding diaryl/α,β-unsaturated/α-hetero) is 1. The Hall–Kier alpha value is -1.35. The average Bonchev–Trinajstić information content (AvgIpc) is 2.51. The molecule has 0 spiro atoms. The van der Waals surface area contributed by atoms with Crippen LogP contribution in [-0.4, -0.2) is 29.6 Å². The zero-order chi connectivity index (χ0) is 13.2. The predicted molar refractivity (Wildman–Crippen MR) is 73.1 cm³/mol. The molecule has 0 fully saturated rings. The van der Waals surface area contributed by atoms with Gasteiger partial charge in [-0.2, -0.15) is 0 Å². The van der Waals surface area contributed by atoms with Crippen LogP contribution in [-0.2, 0) is 0 Å². The van der Waals surface area contributed by atoms with E-state index in [1.807, 2.05) is 38.1 Å². The zero-order valence-electron chi connectivity index (χ0n) is 11.1.